The van der Waals surface area contributed by atoms with Gasteiger partial charge in [-0.25, -0.2) is 13.2 Å². The van der Waals surface area contributed by atoms with Gasteiger partial charge in [0.1, 0.15) is 5.82 Å². The SMILES string of the molecule is C/C=C/CCC1CCC(c2ccc(-c3ccc(-c4ccc(C)c(F)c4F)cc3)c(F)c2)CO1. The molecule has 3 aromatic carbocycles. The normalized spacial score (nSPS) is 18.7. The van der Waals surface area contributed by atoms with Crippen molar-refractivity contribution in [1.29, 1.82) is 0 Å². The molecule has 0 radical (unpaired) electrons. The van der Waals surface area contributed by atoms with E-state index in [1.54, 1.807) is 48.5 Å². The van der Waals surface area contributed by atoms with Gasteiger partial charge in [0.2, 0.25) is 0 Å². The predicted molar refractivity (Wildman–Crippen MR) is 128 cm³/mol. The van der Waals surface area contributed by atoms with Crippen molar-refractivity contribution in [1.82, 2.24) is 0 Å². The fourth-order valence-corrected chi connectivity index (χ4v) is 4.46. The Morgan fingerprint density at radius 2 is 1.58 bits per heavy atom. The average Bonchev–Trinajstić information content (AvgIpc) is 2.83. The van der Waals surface area contributed by atoms with Gasteiger partial charge in [-0.05, 0) is 67.9 Å². The number of benzene rings is 3. The molecule has 3 aromatic rings. The van der Waals surface area contributed by atoms with Crippen molar-refractivity contribution in [3.63, 3.8) is 0 Å². The second-order valence-electron chi connectivity index (χ2n) is 8.75. The lowest BCUT2D eigenvalue weighted by Crippen LogP contribution is -2.24. The standard InChI is InChI=1S/C29H29F3O/c1-3-4-5-6-24-14-12-23(18-33-24)22-13-16-25(27(30)17-22)20-8-10-21(11-9-20)26-15-7-19(2)28(31)29(26)32/h3-4,7-11,13,15-17,23-24H,5-6,12,14,18H2,1-2H3/b4-3+. The van der Waals surface area contributed by atoms with Crippen LogP contribution in [-0.2, 0) is 4.74 Å². The molecule has 33 heavy (non-hydrogen) atoms. The Hall–Kier alpha value is -2.85. The molecule has 2 unspecified atom stereocenters. The summed E-state index contributed by atoms with van der Waals surface area (Å²) in [6.45, 7) is 4.17. The van der Waals surface area contributed by atoms with Crippen LogP contribution in [0.5, 0.6) is 0 Å². The Bertz CT molecular complexity index is 1130. The molecule has 0 bridgehead atoms. The highest BCUT2D eigenvalue weighted by molar-refractivity contribution is 5.71. The molecular formula is C29H29F3O. The minimum atomic E-state index is -0.864. The minimum Gasteiger partial charge on any atom is -0.378 e. The van der Waals surface area contributed by atoms with E-state index in [2.05, 4.69) is 12.2 Å². The second-order valence-corrected chi connectivity index (χ2v) is 8.75. The monoisotopic (exact) mass is 450 g/mol. The van der Waals surface area contributed by atoms with Crippen molar-refractivity contribution in [2.24, 2.45) is 0 Å². The number of aryl methyl sites for hydroxylation is 1. The molecule has 1 fully saturated rings. The molecular weight excluding hydrogens is 421 g/mol. The molecule has 4 rings (SSSR count). The number of hydrogen-bond donors (Lipinski definition) is 0. The van der Waals surface area contributed by atoms with E-state index < -0.39 is 11.6 Å². The number of ether oxygens (including phenoxy) is 1. The molecule has 1 nitrogen and oxygen atoms in total. The lowest BCUT2D eigenvalue weighted by molar-refractivity contribution is -0.000225. The summed E-state index contributed by atoms with van der Waals surface area (Å²) >= 11 is 0. The first kappa shape index (κ1) is 23.3. The zero-order valence-electron chi connectivity index (χ0n) is 19.1. The number of halogens is 3. The summed E-state index contributed by atoms with van der Waals surface area (Å²) in [5.41, 5.74) is 3.15. The van der Waals surface area contributed by atoms with E-state index in [9.17, 15) is 13.2 Å². The van der Waals surface area contributed by atoms with Gasteiger partial charge in [0.25, 0.3) is 0 Å². The third-order valence-corrected chi connectivity index (χ3v) is 6.51. The molecule has 4 heteroatoms. The number of rotatable bonds is 6. The molecule has 1 saturated heterocycles. The molecule has 172 valence electrons. The molecule has 1 heterocycles. The van der Waals surface area contributed by atoms with Gasteiger partial charge in [0.15, 0.2) is 11.6 Å². The lowest BCUT2D eigenvalue weighted by atomic mass is 9.89. The maximum atomic E-state index is 15.0. The molecule has 0 spiro atoms. The molecule has 2 atom stereocenters. The third kappa shape index (κ3) is 5.22. The van der Waals surface area contributed by atoms with Gasteiger partial charge in [0.05, 0.1) is 12.7 Å². The molecule has 0 amide bonds. The summed E-state index contributed by atoms with van der Waals surface area (Å²) in [4.78, 5) is 0. The first-order chi connectivity index (χ1) is 16.0. The molecule has 0 N–H and O–H groups in total. The van der Waals surface area contributed by atoms with Crippen molar-refractivity contribution in [3.8, 4) is 22.3 Å². The summed E-state index contributed by atoms with van der Waals surface area (Å²) in [6.07, 6.45) is 8.54. The third-order valence-electron chi connectivity index (χ3n) is 6.51. The van der Waals surface area contributed by atoms with Gasteiger partial charge in [-0.15, -0.1) is 0 Å². The van der Waals surface area contributed by atoms with Crippen LogP contribution in [0.1, 0.15) is 49.7 Å². The Morgan fingerprint density at radius 1 is 0.879 bits per heavy atom. The van der Waals surface area contributed by atoms with Crippen LogP contribution in [-0.4, -0.2) is 12.7 Å². The van der Waals surface area contributed by atoms with Gasteiger partial charge in [-0.3, -0.25) is 0 Å². The van der Waals surface area contributed by atoms with Crippen LogP contribution >= 0.6 is 0 Å². The zero-order chi connectivity index (χ0) is 23.4. The second kappa shape index (κ2) is 10.4. The molecule has 0 saturated carbocycles. The van der Waals surface area contributed by atoms with E-state index in [1.807, 2.05) is 13.0 Å². The van der Waals surface area contributed by atoms with Crippen molar-refractivity contribution < 1.29 is 17.9 Å². The highest BCUT2D eigenvalue weighted by Gasteiger charge is 2.23. The van der Waals surface area contributed by atoms with E-state index in [-0.39, 0.29) is 29.0 Å². The summed E-state index contributed by atoms with van der Waals surface area (Å²) in [6, 6.07) is 15.4. The topological polar surface area (TPSA) is 9.23 Å². The maximum Gasteiger partial charge on any atom is 0.166 e. The zero-order valence-corrected chi connectivity index (χ0v) is 19.1. The molecule has 0 aromatic heterocycles. The van der Waals surface area contributed by atoms with E-state index >= 15 is 0 Å². The van der Waals surface area contributed by atoms with E-state index in [0.717, 1.165) is 31.2 Å². The number of hydrogen-bond acceptors (Lipinski definition) is 1. The summed E-state index contributed by atoms with van der Waals surface area (Å²) < 4.78 is 49.2. The lowest BCUT2D eigenvalue weighted by Gasteiger charge is -2.29. The molecule has 1 aliphatic heterocycles. The van der Waals surface area contributed by atoms with Crippen LogP contribution in [0, 0.1) is 24.4 Å². The summed E-state index contributed by atoms with van der Waals surface area (Å²) in [5, 5.41) is 0. The Balaban J connectivity index is 1.46. The van der Waals surface area contributed by atoms with E-state index in [0.29, 0.717) is 23.3 Å². The Labute approximate surface area is 193 Å². The molecule has 0 aliphatic carbocycles. The van der Waals surface area contributed by atoms with E-state index in [4.69, 9.17) is 4.74 Å². The van der Waals surface area contributed by atoms with Gasteiger partial charge in [-0.2, -0.15) is 0 Å². The van der Waals surface area contributed by atoms with Crippen molar-refractivity contribution in [2.75, 3.05) is 6.61 Å². The largest absolute Gasteiger partial charge is 0.378 e. The van der Waals surface area contributed by atoms with Crippen LogP contribution in [0.4, 0.5) is 13.2 Å². The summed E-state index contributed by atoms with van der Waals surface area (Å²) in [7, 11) is 0. The van der Waals surface area contributed by atoms with Crippen LogP contribution in [0.3, 0.4) is 0 Å². The predicted octanol–water partition coefficient (Wildman–Crippen LogP) is 8.37. The van der Waals surface area contributed by atoms with Crippen molar-refractivity contribution in [2.45, 2.75) is 51.6 Å². The first-order valence-corrected chi connectivity index (χ1v) is 11.6. The maximum absolute atomic E-state index is 15.0. The molecule has 1 aliphatic rings. The van der Waals surface area contributed by atoms with Gasteiger partial charge in [0, 0.05) is 17.0 Å². The summed E-state index contributed by atoms with van der Waals surface area (Å²) in [5.74, 6) is -1.79. The van der Waals surface area contributed by atoms with E-state index in [1.165, 1.54) is 6.92 Å². The van der Waals surface area contributed by atoms with Crippen LogP contribution < -0.4 is 0 Å². The highest BCUT2D eigenvalue weighted by Crippen LogP contribution is 2.34. The van der Waals surface area contributed by atoms with Gasteiger partial charge < -0.3 is 4.74 Å². The fourth-order valence-electron chi connectivity index (χ4n) is 4.46. The van der Waals surface area contributed by atoms with Gasteiger partial charge in [-0.1, -0.05) is 60.7 Å². The quantitative estimate of drug-likeness (QED) is 0.343. The minimum absolute atomic E-state index is 0.196. The Kier molecular flexibility index (Phi) is 7.34. The highest BCUT2D eigenvalue weighted by atomic mass is 19.2. The van der Waals surface area contributed by atoms with Crippen LogP contribution in [0.15, 0.2) is 66.7 Å². The van der Waals surface area contributed by atoms with Crippen molar-refractivity contribution in [3.05, 3.63) is 95.3 Å². The first-order valence-electron chi connectivity index (χ1n) is 11.6. The average molecular weight is 451 g/mol. The fraction of sp³-hybridized carbons (Fsp3) is 0.310. The van der Waals surface area contributed by atoms with Crippen LogP contribution in [0.25, 0.3) is 22.3 Å². The van der Waals surface area contributed by atoms with Gasteiger partial charge >= 0.3 is 0 Å². The van der Waals surface area contributed by atoms with Crippen molar-refractivity contribution >= 4 is 0 Å². The smallest absolute Gasteiger partial charge is 0.166 e. The number of allylic oxidation sites excluding steroid dienone is 2. The van der Waals surface area contributed by atoms with Crippen LogP contribution in [0.2, 0.25) is 0 Å². The Morgan fingerprint density at radius 3 is 2.21 bits per heavy atom.